The van der Waals surface area contributed by atoms with Gasteiger partial charge in [-0.1, -0.05) is 0 Å². The van der Waals surface area contributed by atoms with Crippen LogP contribution in [0, 0.1) is 21.7 Å². The van der Waals surface area contributed by atoms with E-state index in [0.29, 0.717) is 37.8 Å². The molecule has 0 aliphatic heterocycles. The molecule has 112 valence electrons. The molecule has 8 heteroatoms. The van der Waals surface area contributed by atoms with Crippen molar-refractivity contribution in [1.29, 1.82) is 0 Å². The Morgan fingerprint density at radius 2 is 1.90 bits per heavy atom. The number of nitrogens with zero attached hydrogens (tertiary/aromatic N) is 1. The van der Waals surface area contributed by atoms with Crippen LogP contribution in [0.1, 0.15) is 36.0 Å². The highest BCUT2D eigenvalue weighted by molar-refractivity contribution is 5.95. The molecule has 1 aromatic rings. The lowest BCUT2D eigenvalue weighted by Gasteiger charge is -2.22. The summed E-state index contributed by atoms with van der Waals surface area (Å²) < 4.78 is 27.4. The number of carbonyl (C=O) groups is 2. The van der Waals surface area contributed by atoms with Crippen LogP contribution in [-0.2, 0) is 4.79 Å². The second-order valence-electron chi connectivity index (χ2n) is 4.80. The SMILES string of the molecule is O=C1CCC(NC(=O)c2c(F)ccc([N+](=O)[O-])c2F)CC1. The van der Waals surface area contributed by atoms with Crippen LogP contribution in [0.3, 0.4) is 0 Å². The van der Waals surface area contributed by atoms with Gasteiger partial charge in [0.05, 0.1) is 4.92 Å². The van der Waals surface area contributed by atoms with Gasteiger partial charge in [0.25, 0.3) is 5.91 Å². The van der Waals surface area contributed by atoms with Gasteiger partial charge < -0.3 is 5.32 Å². The number of Topliss-reactive ketones (excluding diaryl/α,β-unsaturated/α-hetero) is 1. The van der Waals surface area contributed by atoms with Crippen LogP contribution < -0.4 is 5.32 Å². The number of nitro benzene ring substituents is 1. The number of ketones is 1. The van der Waals surface area contributed by atoms with Gasteiger partial charge >= 0.3 is 5.69 Å². The summed E-state index contributed by atoms with van der Waals surface area (Å²) in [4.78, 5) is 32.6. The number of hydrogen-bond acceptors (Lipinski definition) is 4. The summed E-state index contributed by atoms with van der Waals surface area (Å²) in [5, 5.41) is 13.0. The number of carbonyl (C=O) groups excluding carboxylic acids is 2. The molecule has 1 aliphatic carbocycles. The van der Waals surface area contributed by atoms with Crippen molar-refractivity contribution >= 4 is 17.4 Å². The fourth-order valence-electron chi connectivity index (χ4n) is 2.23. The number of amides is 1. The third-order valence-corrected chi connectivity index (χ3v) is 3.37. The van der Waals surface area contributed by atoms with E-state index in [-0.39, 0.29) is 11.8 Å². The number of hydrogen-bond donors (Lipinski definition) is 1. The zero-order valence-electron chi connectivity index (χ0n) is 10.9. The zero-order chi connectivity index (χ0) is 15.6. The van der Waals surface area contributed by atoms with E-state index < -0.39 is 33.7 Å². The molecule has 1 aliphatic rings. The summed E-state index contributed by atoms with van der Waals surface area (Å²) in [6.07, 6.45) is 1.38. The summed E-state index contributed by atoms with van der Waals surface area (Å²) in [7, 11) is 0. The lowest BCUT2D eigenvalue weighted by atomic mass is 9.94. The Bertz CT molecular complexity index is 608. The Morgan fingerprint density at radius 1 is 1.29 bits per heavy atom. The molecule has 21 heavy (non-hydrogen) atoms. The molecular weight excluding hydrogens is 286 g/mol. The number of nitrogens with one attached hydrogen (secondary N) is 1. The van der Waals surface area contributed by atoms with Gasteiger partial charge in [-0.15, -0.1) is 0 Å². The molecule has 0 bridgehead atoms. The van der Waals surface area contributed by atoms with E-state index in [4.69, 9.17) is 0 Å². The molecule has 2 rings (SSSR count). The molecule has 0 radical (unpaired) electrons. The Labute approximate surface area is 118 Å². The van der Waals surface area contributed by atoms with Crippen molar-refractivity contribution in [3.63, 3.8) is 0 Å². The Kier molecular flexibility index (Phi) is 4.25. The molecule has 0 atom stereocenters. The Morgan fingerprint density at radius 3 is 2.48 bits per heavy atom. The van der Waals surface area contributed by atoms with Gasteiger partial charge in [0, 0.05) is 24.9 Å². The highest BCUT2D eigenvalue weighted by Crippen LogP contribution is 2.24. The zero-order valence-corrected chi connectivity index (χ0v) is 10.9. The average Bonchev–Trinajstić information content (AvgIpc) is 2.41. The van der Waals surface area contributed by atoms with Crippen molar-refractivity contribution in [3.8, 4) is 0 Å². The van der Waals surface area contributed by atoms with E-state index in [1.54, 1.807) is 0 Å². The van der Waals surface area contributed by atoms with Crippen molar-refractivity contribution in [2.45, 2.75) is 31.7 Å². The molecule has 1 N–H and O–H groups in total. The normalized spacial score (nSPS) is 15.8. The topological polar surface area (TPSA) is 89.3 Å². The predicted octanol–water partition coefficient (Wildman–Crippen LogP) is 2.11. The number of benzene rings is 1. The van der Waals surface area contributed by atoms with E-state index in [1.807, 2.05) is 0 Å². The van der Waals surface area contributed by atoms with Gasteiger partial charge in [0.15, 0.2) is 0 Å². The van der Waals surface area contributed by atoms with Crippen LogP contribution in [0.5, 0.6) is 0 Å². The van der Waals surface area contributed by atoms with Crippen LogP contribution in [0.15, 0.2) is 12.1 Å². The second kappa shape index (κ2) is 5.94. The second-order valence-corrected chi connectivity index (χ2v) is 4.80. The van der Waals surface area contributed by atoms with Crippen molar-refractivity contribution in [1.82, 2.24) is 5.32 Å². The van der Waals surface area contributed by atoms with E-state index in [2.05, 4.69) is 5.32 Å². The molecule has 0 saturated heterocycles. The lowest BCUT2D eigenvalue weighted by Crippen LogP contribution is -2.38. The molecular formula is C13H12F2N2O4. The van der Waals surface area contributed by atoms with Crippen molar-refractivity contribution in [2.75, 3.05) is 0 Å². The first-order valence-corrected chi connectivity index (χ1v) is 6.35. The minimum atomic E-state index is -1.50. The number of nitro groups is 1. The van der Waals surface area contributed by atoms with Crippen LogP contribution in [-0.4, -0.2) is 22.7 Å². The summed E-state index contributed by atoms with van der Waals surface area (Å²) >= 11 is 0. The first kappa shape index (κ1) is 15.0. The smallest absolute Gasteiger partial charge is 0.305 e. The summed E-state index contributed by atoms with van der Waals surface area (Å²) in [6.45, 7) is 0. The average molecular weight is 298 g/mol. The minimum Gasteiger partial charge on any atom is -0.349 e. The third-order valence-electron chi connectivity index (χ3n) is 3.37. The summed E-state index contributed by atoms with van der Waals surface area (Å²) in [6, 6.07) is 0.981. The van der Waals surface area contributed by atoms with Gasteiger partial charge in [-0.2, -0.15) is 4.39 Å². The van der Waals surface area contributed by atoms with Gasteiger partial charge in [-0.05, 0) is 18.9 Å². The van der Waals surface area contributed by atoms with Gasteiger partial charge in [0.2, 0.25) is 5.82 Å². The van der Waals surface area contributed by atoms with E-state index >= 15 is 0 Å². The fraction of sp³-hybridized carbons (Fsp3) is 0.385. The highest BCUT2D eigenvalue weighted by Gasteiger charge is 2.28. The molecule has 0 unspecified atom stereocenters. The van der Waals surface area contributed by atoms with Gasteiger partial charge in [0.1, 0.15) is 17.2 Å². The molecule has 6 nitrogen and oxygen atoms in total. The number of halogens is 2. The molecule has 1 fully saturated rings. The molecule has 1 aromatic carbocycles. The summed E-state index contributed by atoms with van der Waals surface area (Å²) in [5.41, 5.74) is -1.93. The van der Waals surface area contributed by atoms with E-state index in [1.165, 1.54) is 0 Å². The predicted molar refractivity (Wildman–Crippen MR) is 67.7 cm³/mol. The van der Waals surface area contributed by atoms with Crippen LogP contribution in [0.4, 0.5) is 14.5 Å². The van der Waals surface area contributed by atoms with Crippen molar-refractivity contribution in [3.05, 3.63) is 39.4 Å². The highest BCUT2D eigenvalue weighted by atomic mass is 19.1. The monoisotopic (exact) mass is 298 g/mol. The quantitative estimate of drug-likeness (QED) is 0.683. The largest absolute Gasteiger partial charge is 0.349 e. The standard InChI is InChI=1S/C13H12F2N2O4/c14-9-5-6-10(17(20)21)12(15)11(9)13(19)16-7-1-3-8(18)4-2-7/h5-7H,1-4H2,(H,16,19). The first-order chi connectivity index (χ1) is 9.90. The van der Waals surface area contributed by atoms with Crippen LogP contribution >= 0.6 is 0 Å². The van der Waals surface area contributed by atoms with Crippen molar-refractivity contribution in [2.24, 2.45) is 0 Å². The van der Waals surface area contributed by atoms with E-state index in [0.717, 1.165) is 0 Å². The molecule has 1 saturated carbocycles. The third kappa shape index (κ3) is 3.21. The molecule has 0 aromatic heterocycles. The maximum Gasteiger partial charge on any atom is 0.305 e. The summed E-state index contributed by atoms with van der Waals surface area (Å²) in [5.74, 6) is -3.63. The van der Waals surface area contributed by atoms with Crippen LogP contribution in [0.2, 0.25) is 0 Å². The van der Waals surface area contributed by atoms with Gasteiger partial charge in [-0.3, -0.25) is 19.7 Å². The first-order valence-electron chi connectivity index (χ1n) is 6.35. The van der Waals surface area contributed by atoms with Gasteiger partial charge in [-0.25, -0.2) is 4.39 Å². The maximum absolute atomic E-state index is 13.9. The molecule has 1 amide bonds. The van der Waals surface area contributed by atoms with Crippen molar-refractivity contribution < 1.29 is 23.3 Å². The Hall–Kier alpha value is -2.38. The van der Waals surface area contributed by atoms with Crippen LogP contribution in [0.25, 0.3) is 0 Å². The molecule has 0 spiro atoms. The lowest BCUT2D eigenvalue weighted by molar-refractivity contribution is -0.387. The van der Waals surface area contributed by atoms with E-state index in [9.17, 15) is 28.5 Å². The minimum absolute atomic E-state index is 0.0770. The Balaban J connectivity index is 2.21. The maximum atomic E-state index is 13.9. The fourth-order valence-corrected chi connectivity index (χ4v) is 2.23. The number of rotatable bonds is 3. The molecule has 0 heterocycles.